The van der Waals surface area contributed by atoms with E-state index in [0.717, 1.165) is 17.0 Å². The van der Waals surface area contributed by atoms with Gasteiger partial charge in [-0.25, -0.2) is 4.39 Å². The lowest BCUT2D eigenvalue weighted by Crippen LogP contribution is -2.21. The number of nitrogens with zero attached hydrogens (tertiary/aromatic N) is 1. The molecule has 0 bridgehead atoms. The molecule has 1 heterocycles. The van der Waals surface area contributed by atoms with Gasteiger partial charge in [-0.05, 0) is 41.2 Å². The van der Waals surface area contributed by atoms with Gasteiger partial charge in [0.1, 0.15) is 11.9 Å². The lowest BCUT2D eigenvalue weighted by molar-refractivity contribution is 0.416. The summed E-state index contributed by atoms with van der Waals surface area (Å²) in [6.07, 6.45) is 9.81. The minimum Gasteiger partial charge on any atom is -0.206 e. The van der Waals surface area contributed by atoms with Gasteiger partial charge < -0.3 is 0 Å². The Labute approximate surface area is 171 Å². The van der Waals surface area contributed by atoms with Crippen LogP contribution in [0.3, 0.4) is 0 Å². The second-order valence-electron chi connectivity index (χ2n) is 8.42. The topological polar surface area (TPSA) is 23.8 Å². The molecule has 1 saturated heterocycles. The molecule has 2 aromatic rings. The van der Waals surface area contributed by atoms with Crippen LogP contribution in [-0.4, -0.2) is 8.80 Å². The number of unbranched alkanes of at least 4 members (excludes halogenated alkanes) is 2. The van der Waals surface area contributed by atoms with Gasteiger partial charge in [-0.1, -0.05) is 93.9 Å². The van der Waals surface area contributed by atoms with E-state index < -0.39 is 14.6 Å². The normalized spacial score (nSPS) is 19.3. The number of halogens is 1. The van der Waals surface area contributed by atoms with Gasteiger partial charge in [-0.15, -0.1) is 0 Å². The number of rotatable bonds is 8. The summed E-state index contributed by atoms with van der Waals surface area (Å²) in [7, 11) is -0.544. The van der Waals surface area contributed by atoms with Crippen molar-refractivity contribution < 1.29 is 4.39 Å². The predicted octanol–water partition coefficient (Wildman–Crippen LogP) is 7.12. The monoisotopic (exact) mass is 393 g/mol. The fourth-order valence-corrected chi connectivity index (χ4v) is 8.01. The first-order valence-corrected chi connectivity index (χ1v) is 13.4. The second-order valence-corrected chi connectivity index (χ2v) is 11.9. The number of hydrogen-bond acceptors (Lipinski definition) is 1. The van der Waals surface area contributed by atoms with Crippen molar-refractivity contribution in [2.75, 3.05) is 0 Å². The average Bonchev–Trinajstić information content (AvgIpc) is 2.74. The number of aryl methyl sites for hydroxylation is 1. The highest BCUT2D eigenvalue weighted by molar-refractivity contribution is 6.59. The van der Waals surface area contributed by atoms with E-state index in [1.807, 2.05) is 12.1 Å². The molecule has 0 amide bonds. The van der Waals surface area contributed by atoms with Crippen LogP contribution in [0, 0.1) is 23.1 Å². The van der Waals surface area contributed by atoms with E-state index >= 15 is 0 Å². The SMILES string of the molecule is CCCCC[C@H]1CC[Si@H](CCc2ccc(-c3ccc(C#N)c(F)c3)cc2)CC1. The first kappa shape index (κ1) is 20.8. The number of benzene rings is 2. The molecule has 0 saturated carbocycles. The van der Waals surface area contributed by atoms with Gasteiger partial charge in [0.15, 0.2) is 0 Å². The van der Waals surface area contributed by atoms with Crippen molar-refractivity contribution in [1.82, 2.24) is 0 Å². The molecule has 28 heavy (non-hydrogen) atoms. The van der Waals surface area contributed by atoms with Crippen molar-refractivity contribution in [1.29, 1.82) is 5.26 Å². The van der Waals surface area contributed by atoms with Crippen LogP contribution in [0.5, 0.6) is 0 Å². The zero-order valence-electron chi connectivity index (χ0n) is 17.1. The third-order valence-electron chi connectivity index (χ3n) is 6.40. The smallest absolute Gasteiger partial charge is 0.141 e. The van der Waals surface area contributed by atoms with Crippen molar-refractivity contribution in [2.24, 2.45) is 5.92 Å². The summed E-state index contributed by atoms with van der Waals surface area (Å²) < 4.78 is 13.8. The van der Waals surface area contributed by atoms with E-state index in [2.05, 4.69) is 31.2 Å². The zero-order valence-corrected chi connectivity index (χ0v) is 18.2. The largest absolute Gasteiger partial charge is 0.206 e. The predicted molar refractivity (Wildman–Crippen MR) is 119 cm³/mol. The van der Waals surface area contributed by atoms with Crippen LogP contribution in [0.1, 0.15) is 56.6 Å². The molecular weight excluding hydrogens is 361 g/mol. The van der Waals surface area contributed by atoms with Crippen molar-refractivity contribution in [3.05, 3.63) is 59.4 Å². The van der Waals surface area contributed by atoms with Gasteiger partial charge in [0.05, 0.1) is 5.56 Å². The van der Waals surface area contributed by atoms with Gasteiger partial charge in [0.25, 0.3) is 0 Å². The maximum atomic E-state index is 13.8. The molecule has 2 aromatic carbocycles. The van der Waals surface area contributed by atoms with Crippen LogP contribution in [0.15, 0.2) is 42.5 Å². The Morgan fingerprint density at radius 3 is 2.39 bits per heavy atom. The molecule has 1 aliphatic heterocycles. The highest BCUT2D eigenvalue weighted by Gasteiger charge is 2.21. The van der Waals surface area contributed by atoms with Gasteiger partial charge in [0.2, 0.25) is 0 Å². The summed E-state index contributed by atoms with van der Waals surface area (Å²) in [5.41, 5.74) is 3.34. The van der Waals surface area contributed by atoms with Crippen LogP contribution in [-0.2, 0) is 6.42 Å². The molecule has 1 aliphatic rings. The van der Waals surface area contributed by atoms with Crippen molar-refractivity contribution in [2.45, 2.75) is 70.0 Å². The summed E-state index contributed by atoms with van der Waals surface area (Å²) in [5, 5.41) is 8.86. The Balaban J connectivity index is 1.46. The zero-order chi connectivity index (χ0) is 19.8. The highest BCUT2D eigenvalue weighted by atomic mass is 28.3. The molecule has 0 atom stereocenters. The van der Waals surface area contributed by atoms with Crippen LogP contribution >= 0.6 is 0 Å². The van der Waals surface area contributed by atoms with Gasteiger partial charge in [-0.2, -0.15) is 5.26 Å². The fraction of sp³-hybridized carbons (Fsp3) is 0.480. The third-order valence-corrected chi connectivity index (χ3v) is 9.81. The van der Waals surface area contributed by atoms with Crippen LogP contribution in [0.25, 0.3) is 11.1 Å². The fourth-order valence-electron chi connectivity index (χ4n) is 4.51. The number of hydrogen-bond donors (Lipinski definition) is 0. The molecular formula is C25H32FNSi. The molecule has 148 valence electrons. The Morgan fingerprint density at radius 2 is 1.75 bits per heavy atom. The third kappa shape index (κ3) is 5.79. The first-order chi connectivity index (χ1) is 13.7. The van der Waals surface area contributed by atoms with Crippen LogP contribution < -0.4 is 0 Å². The summed E-state index contributed by atoms with van der Waals surface area (Å²) in [4.78, 5) is 0. The quantitative estimate of drug-likeness (QED) is 0.346. The van der Waals surface area contributed by atoms with Crippen molar-refractivity contribution >= 4 is 8.80 Å². The van der Waals surface area contributed by atoms with Gasteiger partial charge in [-0.3, -0.25) is 0 Å². The average molecular weight is 394 g/mol. The van der Waals surface area contributed by atoms with E-state index in [0.29, 0.717) is 0 Å². The van der Waals surface area contributed by atoms with E-state index in [1.54, 1.807) is 18.2 Å². The molecule has 0 aliphatic carbocycles. The lowest BCUT2D eigenvalue weighted by atomic mass is 9.96. The molecule has 3 heteroatoms. The van der Waals surface area contributed by atoms with Gasteiger partial charge in [0, 0.05) is 8.80 Å². The Morgan fingerprint density at radius 1 is 1.04 bits per heavy atom. The minimum absolute atomic E-state index is 0.102. The van der Waals surface area contributed by atoms with E-state index in [4.69, 9.17) is 5.26 Å². The van der Waals surface area contributed by atoms with E-state index in [9.17, 15) is 4.39 Å². The summed E-state index contributed by atoms with van der Waals surface area (Å²) in [6.45, 7) is 2.29. The Bertz CT molecular complexity index is 785. The van der Waals surface area contributed by atoms with Crippen molar-refractivity contribution in [3.8, 4) is 17.2 Å². The standard InChI is InChI=1S/C25H32FNSi/c1-2-3-4-5-20-12-15-28(16-13-20)17-14-21-6-8-22(9-7-21)23-10-11-24(19-27)25(26)18-23/h6-11,18,20,28H,2-5,12-17H2,1H3/t20-,28-. The van der Waals surface area contributed by atoms with E-state index in [1.165, 1.54) is 62.6 Å². The maximum absolute atomic E-state index is 13.8. The molecule has 1 nitrogen and oxygen atoms in total. The Kier molecular flexibility index (Phi) is 7.86. The molecule has 0 radical (unpaired) electrons. The minimum atomic E-state index is -0.544. The molecule has 0 aromatic heterocycles. The first-order valence-electron chi connectivity index (χ1n) is 11.0. The molecule has 3 rings (SSSR count). The van der Waals surface area contributed by atoms with Gasteiger partial charge >= 0.3 is 0 Å². The molecule has 0 unspecified atom stereocenters. The lowest BCUT2D eigenvalue weighted by Gasteiger charge is -2.27. The van der Waals surface area contributed by atoms with Crippen molar-refractivity contribution in [3.63, 3.8) is 0 Å². The summed E-state index contributed by atoms with van der Waals surface area (Å²) in [6, 6.07) is 19.8. The Hall–Kier alpha value is -1.92. The highest BCUT2D eigenvalue weighted by Crippen LogP contribution is 2.31. The molecule has 0 N–H and O–H groups in total. The summed E-state index contributed by atoms with van der Waals surface area (Å²) >= 11 is 0. The van der Waals surface area contributed by atoms with Crippen LogP contribution in [0.4, 0.5) is 4.39 Å². The van der Waals surface area contributed by atoms with E-state index in [-0.39, 0.29) is 5.56 Å². The molecule has 1 fully saturated rings. The number of nitriles is 1. The molecule has 0 spiro atoms. The maximum Gasteiger partial charge on any atom is 0.141 e. The second kappa shape index (κ2) is 10.6. The van der Waals surface area contributed by atoms with Crippen LogP contribution in [0.2, 0.25) is 18.1 Å². The summed E-state index contributed by atoms with van der Waals surface area (Å²) in [5.74, 6) is 0.572.